The van der Waals surface area contributed by atoms with Crippen LogP contribution < -0.4 is 0 Å². The van der Waals surface area contributed by atoms with Crippen LogP contribution in [0.5, 0.6) is 0 Å². The maximum Gasteiger partial charge on any atom is 0.437 e. The standard InChI is InChI=1S/C14H16F3NO2/c1-4-13(2,3)12(19)20-18-11(14(15,16)17)10-8-6-5-7-9-10/h5-9H,4H2,1-3H3/b18-11-. The maximum absolute atomic E-state index is 12.9. The summed E-state index contributed by atoms with van der Waals surface area (Å²) in [7, 11) is 0. The first kappa shape index (κ1) is 16.2. The van der Waals surface area contributed by atoms with Crippen molar-refractivity contribution >= 4 is 11.7 Å². The molecule has 0 aliphatic rings. The molecule has 1 rings (SSSR count). The molecule has 3 nitrogen and oxygen atoms in total. The Balaban J connectivity index is 3.03. The summed E-state index contributed by atoms with van der Waals surface area (Å²) in [6.45, 7) is 4.91. The van der Waals surface area contributed by atoms with Gasteiger partial charge in [0.15, 0.2) is 5.71 Å². The molecular formula is C14H16F3NO2. The molecule has 0 saturated heterocycles. The molecular weight excluding hydrogens is 271 g/mol. The first-order chi connectivity index (χ1) is 9.18. The average molecular weight is 287 g/mol. The largest absolute Gasteiger partial charge is 0.437 e. The van der Waals surface area contributed by atoms with Crippen LogP contribution in [0.4, 0.5) is 13.2 Å². The highest BCUT2D eigenvalue weighted by Gasteiger charge is 2.38. The van der Waals surface area contributed by atoms with Crippen LogP contribution in [-0.4, -0.2) is 17.9 Å². The molecule has 110 valence electrons. The number of hydrogen-bond acceptors (Lipinski definition) is 3. The summed E-state index contributed by atoms with van der Waals surface area (Å²) < 4.78 is 38.7. The van der Waals surface area contributed by atoms with Gasteiger partial charge < -0.3 is 4.84 Å². The number of carbonyl (C=O) groups is 1. The summed E-state index contributed by atoms with van der Waals surface area (Å²) >= 11 is 0. The smallest absolute Gasteiger partial charge is 0.317 e. The van der Waals surface area contributed by atoms with Gasteiger partial charge in [-0.25, -0.2) is 4.79 Å². The zero-order valence-corrected chi connectivity index (χ0v) is 11.5. The van der Waals surface area contributed by atoms with Crippen LogP contribution in [0.15, 0.2) is 35.5 Å². The molecule has 0 N–H and O–H groups in total. The van der Waals surface area contributed by atoms with Gasteiger partial charge >= 0.3 is 12.1 Å². The monoisotopic (exact) mass is 287 g/mol. The topological polar surface area (TPSA) is 38.7 Å². The Morgan fingerprint density at radius 3 is 2.20 bits per heavy atom. The number of carbonyl (C=O) groups excluding carboxylic acids is 1. The van der Waals surface area contributed by atoms with Gasteiger partial charge in [0.05, 0.1) is 5.41 Å². The van der Waals surface area contributed by atoms with Gasteiger partial charge in [0.1, 0.15) is 0 Å². The van der Waals surface area contributed by atoms with E-state index in [1.165, 1.54) is 24.3 Å². The predicted octanol–water partition coefficient (Wildman–Crippen LogP) is 3.93. The normalized spacial score (nSPS) is 13.2. The van der Waals surface area contributed by atoms with Crippen molar-refractivity contribution in [3.63, 3.8) is 0 Å². The van der Waals surface area contributed by atoms with Crippen molar-refractivity contribution in [3.8, 4) is 0 Å². The Morgan fingerprint density at radius 2 is 1.75 bits per heavy atom. The first-order valence-corrected chi connectivity index (χ1v) is 6.10. The molecule has 0 saturated carbocycles. The third-order valence-corrected chi connectivity index (χ3v) is 2.97. The molecule has 0 spiro atoms. The lowest BCUT2D eigenvalue weighted by atomic mass is 9.91. The minimum atomic E-state index is -4.70. The number of oxime groups is 1. The number of rotatable bonds is 4. The van der Waals surface area contributed by atoms with E-state index in [0.717, 1.165) is 0 Å². The lowest BCUT2D eigenvalue weighted by Crippen LogP contribution is -2.28. The van der Waals surface area contributed by atoms with Crippen LogP contribution in [-0.2, 0) is 9.63 Å². The maximum atomic E-state index is 12.9. The van der Waals surface area contributed by atoms with Crippen molar-refractivity contribution < 1.29 is 22.8 Å². The Labute approximate surface area is 115 Å². The lowest BCUT2D eigenvalue weighted by molar-refractivity contribution is -0.154. The van der Waals surface area contributed by atoms with Crippen LogP contribution in [0.2, 0.25) is 0 Å². The third-order valence-electron chi connectivity index (χ3n) is 2.97. The van der Waals surface area contributed by atoms with Crippen molar-refractivity contribution in [2.24, 2.45) is 10.6 Å². The Morgan fingerprint density at radius 1 is 1.20 bits per heavy atom. The Hall–Kier alpha value is -1.85. The molecule has 0 heterocycles. The molecule has 0 aliphatic heterocycles. The highest BCUT2D eigenvalue weighted by molar-refractivity contribution is 6.04. The number of hydrogen-bond donors (Lipinski definition) is 0. The summed E-state index contributed by atoms with van der Waals surface area (Å²) in [5, 5.41) is 3.02. The second kappa shape index (κ2) is 6.07. The van der Waals surface area contributed by atoms with Crippen LogP contribution >= 0.6 is 0 Å². The highest BCUT2D eigenvalue weighted by Crippen LogP contribution is 2.25. The molecule has 0 bridgehead atoms. The third kappa shape index (κ3) is 4.08. The van der Waals surface area contributed by atoms with Crippen LogP contribution in [0.1, 0.15) is 32.8 Å². The summed E-state index contributed by atoms with van der Waals surface area (Å²) in [6, 6.07) is 7.00. The van der Waals surface area contributed by atoms with E-state index in [4.69, 9.17) is 0 Å². The van der Waals surface area contributed by atoms with Gasteiger partial charge in [0, 0.05) is 5.56 Å². The Kier molecular flexibility index (Phi) is 4.92. The van der Waals surface area contributed by atoms with Gasteiger partial charge in [-0.15, -0.1) is 0 Å². The molecule has 0 amide bonds. The van der Waals surface area contributed by atoms with E-state index >= 15 is 0 Å². The minimum Gasteiger partial charge on any atom is -0.317 e. The van der Waals surface area contributed by atoms with Gasteiger partial charge in [0.2, 0.25) is 0 Å². The molecule has 0 atom stereocenters. The molecule has 6 heteroatoms. The fourth-order valence-corrected chi connectivity index (χ4v) is 1.22. The number of benzene rings is 1. The van der Waals surface area contributed by atoms with Crippen molar-refractivity contribution in [3.05, 3.63) is 35.9 Å². The van der Waals surface area contributed by atoms with E-state index in [-0.39, 0.29) is 5.56 Å². The quantitative estimate of drug-likeness (QED) is 0.478. The van der Waals surface area contributed by atoms with Gasteiger partial charge in [-0.3, -0.25) is 0 Å². The lowest BCUT2D eigenvalue weighted by Gasteiger charge is -2.18. The first-order valence-electron chi connectivity index (χ1n) is 6.10. The van der Waals surface area contributed by atoms with Gasteiger partial charge in [0.25, 0.3) is 0 Å². The van der Waals surface area contributed by atoms with Crippen LogP contribution in [0, 0.1) is 5.41 Å². The predicted molar refractivity (Wildman–Crippen MR) is 69.2 cm³/mol. The van der Waals surface area contributed by atoms with Crippen molar-refractivity contribution in [1.29, 1.82) is 0 Å². The average Bonchev–Trinajstić information content (AvgIpc) is 2.38. The zero-order chi connectivity index (χ0) is 15.4. The van der Waals surface area contributed by atoms with E-state index in [0.29, 0.717) is 6.42 Å². The summed E-state index contributed by atoms with van der Waals surface area (Å²) in [5.41, 5.74) is -2.25. The van der Waals surface area contributed by atoms with Gasteiger partial charge in [-0.1, -0.05) is 42.4 Å². The molecule has 20 heavy (non-hydrogen) atoms. The van der Waals surface area contributed by atoms with E-state index in [1.807, 2.05) is 0 Å². The molecule has 0 aliphatic carbocycles. The highest BCUT2D eigenvalue weighted by atomic mass is 19.4. The van der Waals surface area contributed by atoms with E-state index in [2.05, 4.69) is 9.99 Å². The second-order valence-electron chi connectivity index (χ2n) is 4.92. The van der Waals surface area contributed by atoms with Gasteiger partial charge in [-0.05, 0) is 20.3 Å². The SMILES string of the molecule is CCC(C)(C)C(=O)O/N=C(/c1ccccc1)C(F)(F)F. The van der Waals surface area contributed by atoms with Crippen molar-refractivity contribution in [2.45, 2.75) is 33.4 Å². The van der Waals surface area contributed by atoms with Crippen molar-refractivity contribution in [2.75, 3.05) is 0 Å². The van der Waals surface area contributed by atoms with Crippen LogP contribution in [0.25, 0.3) is 0 Å². The number of alkyl halides is 3. The van der Waals surface area contributed by atoms with E-state index < -0.39 is 23.3 Å². The van der Waals surface area contributed by atoms with Gasteiger partial charge in [-0.2, -0.15) is 13.2 Å². The molecule has 0 unspecified atom stereocenters. The second-order valence-corrected chi connectivity index (χ2v) is 4.92. The number of halogens is 3. The fraction of sp³-hybridized carbons (Fsp3) is 0.429. The molecule has 0 fully saturated rings. The molecule has 0 aromatic heterocycles. The van der Waals surface area contributed by atoms with Crippen LogP contribution in [0.3, 0.4) is 0 Å². The summed E-state index contributed by atoms with van der Waals surface area (Å²) in [4.78, 5) is 16.1. The van der Waals surface area contributed by atoms with Crippen molar-refractivity contribution in [1.82, 2.24) is 0 Å². The van der Waals surface area contributed by atoms with E-state index in [9.17, 15) is 18.0 Å². The minimum absolute atomic E-state index is 0.151. The molecule has 1 aromatic carbocycles. The van der Waals surface area contributed by atoms with E-state index in [1.54, 1.807) is 26.8 Å². The summed E-state index contributed by atoms with van der Waals surface area (Å²) in [6.07, 6.45) is -4.26. The summed E-state index contributed by atoms with van der Waals surface area (Å²) in [5.74, 6) is -0.794. The Bertz CT molecular complexity index is 493. The molecule has 1 aromatic rings. The fourth-order valence-electron chi connectivity index (χ4n) is 1.22. The zero-order valence-electron chi connectivity index (χ0n) is 11.5. The number of nitrogens with zero attached hydrogens (tertiary/aromatic N) is 1. The molecule has 0 radical (unpaired) electrons.